The molecule has 0 unspecified atom stereocenters. The van der Waals surface area contributed by atoms with Gasteiger partial charge in [-0.2, -0.15) is 0 Å². The van der Waals surface area contributed by atoms with Crippen molar-refractivity contribution in [1.29, 1.82) is 0 Å². The predicted molar refractivity (Wildman–Crippen MR) is 124 cm³/mol. The zero-order valence-corrected chi connectivity index (χ0v) is 19.4. The smallest absolute Gasteiger partial charge is 0.234 e. The SMILES string of the molecule is COc1ccc(N2C[C@@]34C=C[C@@H](O3)[C@H](C(=O)Nc3cc(OC)c(OC)c(OC)c3)[C@@H]4C2=O)cc1. The number of ether oxygens (including phenoxy) is 5. The van der Waals surface area contributed by atoms with E-state index in [1.807, 2.05) is 24.3 Å². The minimum absolute atomic E-state index is 0.137. The van der Waals surface area contributed by atoms with Crippen molar-refractivity contribution in [2.45, 2.75) is 11.7 Å². The molecule has 34 heavy (non-hydrogen) atoms. The molecular formula is C25H26N2O7. The molecule has 1 N–H and O–H groups in total. The molecule has 2 amide bonds. The lowest BCUT2D eigenvalue weighted by Crippen LogP contribution is -2.41. The number of anilines is 2. The molecule has 2 fully saturated rings. The fraction of sp³-hybridized carbons (Fsp3) is 0.360. The molecule has 2 aromatic carbocycles. The van der Waals surface area contributed by atoms with Gasteiger partial charge >= 0.3 is 0 Å². The van der Waals surface area contributed by atoms with E-state index in [-0.39, 0.29) is 11.8 Å². The van der Waals surface area contributed by atoms with E-state index >= 15 is 0 Å². The van der Waals surface area contributed by atoms with Crippen LogP contribution in [0.15, 0.2) is 48.6 Å². The Bertz CT molecular complexity index is 1140. The summed E-state index contributed by atoms with van der Waals surface area (Å²) in [5.41, 5.74) is 0.385. The molecular weight excluding hydrogens is 440 g/mol. The second-order valence-electron chi connectivity index (χ2n) is 8.43. The van der Waals surface area contributed by atoms with E-state index in [0.717, 1.165) is 5.69 Å². The Labute approximate surface area is 197 Å². The number of methoxy groups -OCH3 is 4. The van der Waals surface area contributed by atoms with E-state index in [4.69, 9.17) is 23.7 Å². The summed E-state index contributed by atoms with van der Waals surface area (Å²) in [5.74, 6) is 0.234. The van der Waals surface area contributed by atoms with Gasteiger partial charge in [0.2, 0.25) is 17.6 Å². The third kappa shape index (κ3) is 3.27. The average Bonchev–Trinajstić information content (AvgIpc) is 3.51. The van der Waals surface area contributed by atoms with Crippen molar-refractivity contribution >= 4 is 23.2 Å². The molecule has 2 aromatic rings. The summed E-state index contributed by atoms with van der Waals surface area (Å²) in [6.45, 7) is 0.351. The number of nitrogens with zero attached hydrogens (tertiary/aromatic N) is 1. The van der Waals surface area contributed by atoms with Crippen LogP contribution in [0.3, 0.4) is 0 Å². The fourth-order valence-corrected chi connectivity index (χ4v) is 5.16. The molecule has 9 heteroatoms. The van der Waals surface area contributed by atoms with Crippen molar-refractivity contribution in [1.82, 2.24) is 0 Å². The minimum atomic E-state index is -0.820. The Morgan fingerprint density at radius 2 is 1.71 bits per heavy atom. The molecule has 0 radical (unpaired) electrons. The highest BCUT2D eigenvalue weighted by Crippen LogP contribution is 2.53. The summed E-state index contributed by atoms with van der Waals surface area (Å²) >= 11 is 0. The Balaban J connectivity index is 1.41. The number of carbonyl (C=O) groups excluding carboxylic acids is 2. The molecule has 5 rings (SSSR count). The van der Waals surface area contributed by atoms with Gasteiger partial charge in [-0.05, 0) is 24.3 Å². The van der Waals surface area contributed by atoms with Gasteiger partial charge in [0.05, 0.1) is 52.9 Å². The molecule has 178 valence electrons. The first-order valence-corrected chi connectivity index (χ1v) is 10.9. The Morgan fingerprint density at radius 3 is 2.29 bits per heavy atom. The Hall–Kier alpha value is -3.72. The van der Waals surface area contributed by atoms with Crippen molar-refractivity contribution in [2.24, 2.45) is 11.8 Å². The van der Waals surface area contributed by atoms with Crippen LogP contribution in [0, 0.1) is 11.8 Å². The summed E-state index contributed by atoms with van der Waals surface area (Å²) in [6.07, 6.45) is 3.34. The van der Waals surface area contributed by atoms with Crippen molar-refractivity contribution in [3.8, 4) is 23.0 Å². The summed E-state index contributed by atoms with van der Waals surface area (Å²) in [7, 11) is 6.11. The van der Waals surface area contributed by atoms with Gasteiger partial charge in [0.25, 0.3) is 0 Å². The average molecular weight is 466 g/mol. The van der Waals surface area contributed by atoms with E-state index < -0.39 is 23.5 Å². The number of amides is 2. The number of rotatable bonds is 7. The van der Waals surface area contributed by atoms with Gasteiger partial charge in [0, 0.05) is 23.5 Å². The second kappa shape index (κ2) is 8.25. The van der Waals surface area contributed by atoms with Crippen molar-refractivity contribution in [3.63, 3.8) is 0 Å². The van der Waals surface area contributed by atoms with Crippen LogP contribution in [0.1, 0.15) is 0 Å². The molecule has 3 aliphatic rings. The first-order valence-electron chi connectivity index (χ1n) is 10.9. The van der Waals surface area contributed by atoms with Gasteiger partial charge in [0.1, 0.15) is 11.4 Å². The number of fused-ring (bicyclic) bond motifs is 1. The predicted octanol–water partition coefficient (Wildman–Crippen LogP) is 2.65. The van der Waals surface area contributed by atoms with Gasteiger partial charge in [-0.3, -0.25) is 9.59 Å². The molecule has 3 aliphatic heterocycles. The Morgan fingerprint density at radius 1 is 1.03 bits per heavy atom. The zero-order chi connectivity index (χ0) is 24.0. The summed E-state index contributed by atoms with van der Waals surface area (Å²) in [5, 5.41) is 2.91. The third-order valence-corrected chi connectivity index (χ3v) is 6.72. The van der Waals surface area contributed by atoms with Crippen LogP contribution in [0.2, 0.25) is 0 Å². The van der Waals surface area contributed by atoms with E-state index in [1.165, 1.54) is 21.3 Å². The van der Waals surface area contributed by atoms with Crippen LogP contribution >= 0.6 is 0 Å². The third-order valence-electron chi connectivity index (χ3n) is 6.72. The Kier molecular flexibility index (Phi) is 5.36. The van der Waals surface area contributed by atoms with E-state index in [2.05, 4.69) is 5.32 Å². The van der Waals surface area contributed by atoms with Crippen molar-refractivity contribution in [3.05, 3.63) is 48.6 Å². The summed E-state index contributed by atoms with van der Waals surface area (Å²) < 4.78 is 27.5. The van der Waals surface area contributed by atoms with Gasteiger partial charge in [0.15, 0.2) is 11.5 Å². The topological polar surface area (TPSA) is 95.6 Å². The van der Waals surface area contributed by atoms with Crippen LogP contribution in [0.5, 0.6) is 23.0 Å². The molecule has 0 aliphatic carbocycles. The van der Waals surface area contributed by atoms with Gasteiger partial charge in [-0.15, -0.1) is 0 Å². The highest BCUT2D eigenvalue weighted by Gasteiger charge is 2.67. The maximum atomic E-state index is 13.5. The number of carbonyl (C=O) groups is 2. The molecule has 2 saturated heterocycles. The van der Waals surface area contributed by atoms with E-state index in [0.29, 0.717) is 35.2 Å². The summed E-state index contributed by atoms with van der Waals surface area (Å²) in [4.78, 5) is 28.6. The lowest BCUT2D eigenvalue weighted by atomic mass is 9.77. The maximum Gasteiger partial charge on any atom is 0.234 e. The normalized spacial score (nSPS) is 26.4. The standard InChI is InChI=1S/C25H26N2O7/c1-30-16-7-5-15(6-8-16)27-13-25-10-9-17(34-25)20(21(25)24(27)29)23(28)26-14-11-18(31-2)22(33-4)19(12-14)32-3/h5-12,17,20-21H,13H2,1-4H3,(H,26,28)/t17-,20+,21-,25-/m1/s1. The van der Waals surface area contributed by atoms with Gasteiger partial charge in [-0.1, -0.05) is 12.2 Å². The molecule has 3 heterocycles. The quantitative estimate of drug-likeness (QED) is 0.627. The largest absolute Gasteiger partial charge is 0.497 e. The monoisotopic (exact) mass is 466 g/mol. The number of nitrogens with one attached hydrogen (secondary N) is 1. The van der Waals surface area contributed by atoms with Crippen LogP contribution < -0.4 is 29.2 Å². The molecule has 0 saturated carbocycles. The van der Waals surface area contributed by atoms with Gasteiger partial charge < -0.3 is 33.9 Å². The molecule has 9 nitrogen and oxygen atoms in total. The van der Waals surface area contributed by atoms with E-state index in [1.54, 1.807) is 36.3 Å². The highest BCUT2D eigenvalue weighted by atomic mass is 16.5. The van der Waals surface area contributed by atoms with Crippen LogP contribution in [0.4, 0.5) is 11.4 Å². The second-order valence-corrected chi connectivity index (χ2v) is 8.43. The minimum Gasteiger partial charge on any atom is -0.497 e. The number of benzene rings is 2. The van der Waals surface area contributed by atoms with Crippen molar-refractivity contribution in [2.75, 3.05) is 45.2 Å². The van der Waals surface area contributed by atoms with Crippen molar-refractivity contribution < 1.29 is 33.3 Å². The molecule has 4 atom stereocenters. The molecule has 2 bridgehead atoms. The van der Waals surface area contributed by atoms with Crippen LogP contribution in [0.25, 0.3) is 0 Å². The zero-order valence-electron chi connectivity index (χ0n) is 19.4. The molecule has 1 spiro atoms. The van der Waals surface area contributed by atoms with Gasteiger partial charge in [-0.25, -0.2) is 0 Å². The fourth-order valence-electron chi connectivity index (χ4n) is 5.16. The van der Waals surface area contributed by atoms with E-state index in [9.17, 15) is 9.59 Å². The lowest BCUT2D eigenvalue weighted by molar-refractivity contribution is -0.128. The highest BCUT2D eigenvalue weighted by molar-refractivity contribution is 6.05. The lowest BCUT2D eigenvalue weighted by Gasteiger charge is -2.24. The first-order chi connectivity index (χ1) is 16.4. The van der Waals surface area contributed by atoms with Crippen LogP contribution in [-0.2, 0) is 14.3 Å². The van der Waals surface area contributed by atoms with Crippen LogP contribution in [-0.4, -0.2) is 58.5 Å². The number of hydrogen-bond donors (Lipinski definition) is 1. The number of hydrogen-bond acceptors (Lipinski definition) is 7. The first kappa shape index (κ1) is 22.1. The summed E-state index contributed by atoms with van der Waals surface area (Å²) in [6, 6.07) is 10.6. The molecule has 0 aromatic heterocycles. The maximum absolute atomic E-state index is 13.5.